The third-order valence-corrected chi connectivity index (χ3v) is 3.08. The van der Waals surface area contributed by atoms with Gasteiger partial charge in [-0.05, 0) is 25.3 Å². The lowest BCUT2D eigenvalue weighted by Crippen LogP contribution is -2.25. The van der Waals surface area contributed by atoms with Gasteiger partial charge in [-0.25, -0.2) is 0 Å². The van der Waals surface area contributed by atoms with E-state index >= 15 is 0 Å². The van der Waals surface area contributed by atoms with E-state index < -0.39 is 4.92 Å². The number of amides is 1. The zero-order valence-electron chi connectivity index (χ0n) is 11.4. The minimum atomic E-state index is -0.490. The van der Waals surface area contributed by atoms with Gasteiger partial charge in [0, 0.05) is 13.2 Å². The van der Waals surface area contributed by atoms with Gasteiger partial charge in [0.1, 0.15) is 5.69 Å². The largest absolute Gasteiger partial charge is 0.481 e. The Hall–Kier alpha value is -2.35. The average molecular weight is 295 g/mol. The second-order valence-corrected chi connectivity index (χ2v) is 4.67. The minimum absolute atomic E-state index is 0.0907. The summed E-state index contributed by atoms with van der Waals surface area (Å²) in [6.07, 6.45) is 2.33. The molecule has 0 aromatic heterocycles. The summed E-state index contributed by atoms with van der Waals surface area (Å²) >= 11 is 0. The highest BCUT2D eigenvalue weighted by atomic mass is 16.6. The second-order valence-electron chi connectivity index (χ2n) is 4.67. The number of nitrogens with one attached hydrogen (secondary N) is 2. The maximum atomic E-state index is 11.3. The Kier molecular flexibility index (Phi) is 4.94. The predicted molar refractivity (Wildman–Crippen MR) is 76.6 cm³/mol. The summed E-state index contributed by atoms with van der Waals surface area (Å²) in [6, 6.07) is 2.82. The molecule has 0 saturated carbocycles. The first-order chi connectivity index (χ1) is 10.1. The van der Waals surface area contributed by atoms with E-state index in [-0.39, 0.29) is 24.8 Å². The van der Waals surface area contributed by atoms with Crippen molar-refractivity contribution in [2.24, 2.45) is 0 Å². The summed E-state index contributed by atoms with van der Waals surface area (Å²) in [5.41, 5.74) is 0.676. The highest BCUT2D eigenvalue weighted by Gasteiger charge is 2.23. The van der Waals surface area contributed by atoms with Crippen LogP contribution in [0.2, 0.25) is 0 Å². The SMILES string of the molecule is O=C1COc2cc([N+](=O)[O-])c(NCCCCCO)cc2N1. The van der Waals surface area contributed by atoms with Gasteiger partial charge in [0.15, 0.2) is 12.4 Å². The number of unbranched alkanes of at least 4 members (excludes halogenated alkanes) is 2. The zero-order valence-corrected chi connectivity index (χ0v) is 11.4. The first-order valence-electron chi connectivity index (χ1n) is 6.71. The number of rotatable bonds is 7. The quantitative estimate of drug-likeness (QED) is 0.399. The average Bonchev–Trinajstić information content (AvgIpc) is 2.46. The lowest BCUT2D eigenvalue weighted by Gasteiger charge is -2.19. The van der Waals surface area contributed by atoms with Crippen molar-refractivity contribution in [1.82, 2.24) is 0 Å². The molecular formula is C13H17N3O5. The number of aliphatic hydroxyl groups excluding tert-OH is 1. The fourth-order valence-corrected chi connectivity index (χ4v) is 2.05. The van der Waals surface area contributed by atoms with Gasteiger partial charge in [-0.3, -0.25) is 14.9 Å². The number of hydrogen-bond donors (Lipinski definition) is 3. The summed E-state index contributed by atoms with van der Waals surface area (Å²) in [7, 11) is 0. The molecule has 1 aliphatic heterocycles. The lowest BCUT2D eigenvalue weighted by atomic mass is 10.2. The number of nitro groups is 1. The Morgan fingerprint density at radius 2 is 2.19 bits per heavy atom. The number of carbonyl (C=O) groups excluding carboxylic acids is 1. The molecular weight excluding hydrogens is 278 g/mol. The second kappa shape index (κ2) is 6.89. The summed E-state index contributed by atoms with van der Waals surface area (Å²) < 4.78 is 5.17. The molecule has 8 heteroatoms. The van der Waals surface area contributed by atoms with E-state index in [1.807, 2.05) is 0 Å². The summed E-state index contributed by atoms with van der Waals surface area (Å²) in [6.45, 7) is 0.550. The van der Waals surface area contributed by atoms with Crippen LogP contribution in [0.15, 0.2) is 12.1 Å². The third-order valence-electron chi connectivity index (χ3n) is 3.08. The molecule has 0 saturated heterocycles. The molecule has 114 valence electrons. The monoisotopic (exact) mass is 295 g/mol. The van der Waals surface area contributed by atoms with Crippen molar-refractivity contribution < 1.29 is 19.6 Å². The van der Waals surface area contributed by atoms with Crippen LogP contribution in [0.3, 0.4) is 0 Å². The van der Waals surface area contributed by atoms with Crippen molar-refractivity contribution in [1.29, 1.82) is 0 Å². The van der Waals surface area contributed by atoms with Gasteiger partial charge >= 0.3 is 0 Å². The lowest BCUT2D eigenvalue weighted by molar-refractivity contribution is -0.384. The van der Waals surface area contributed by atoms with Crippen LogP contribution >= 0.6 is 0 Å². The van der Waals surface area contributed by atoms with E-state index in [0.29, 0.717) is 30.1 Å². The zero-order chi connectivity index (χ0) is 15.2. The molecule has 1 amide bonds. The van der Waals surface area contributed by atoms with Gasteiger partial charge in [0.2, 0.25) is 0 Å². The Bertz CT molecular complexity index is 547. The maximum absolute atomic E-state index is 11.3. The molecule has 2 rings (SSSR count). The summed E-state index contributed by atoms with van der Waals surface area (Å²) in [4.78, 5) is 21.9. The highest BCUT2D eigenvalue weighted by Crippen LogP contribution is 2.37. The van der Waals surface area contributed by atoms with Crippen molar-refractivity contribution in [3.8, 4) is 5.75 Å². The number of carbonyl (C=O) groups is 1. The number of fused-ring (bicyclic) bond motifs is 1. The molecule has 8 nitrogen and oxygen atoms in total. The smallest absolute Gasteiger partial charge is 0.296 e. The molecule has 3 N–H and O–H groups in total. The van der Waals surface area contributed by atoms with Gasteiger partial charge in [0.25, 0.3) is 11.6 Å². The van der Waals surface area contributed by atoms with E-state index in [0.717, 1.165) is 12.8 Å². The third kappa shape index (κ3) is 3.82. The molecule has 0 unspecified atom stereocenters. The van der Waals surface area contributed by atoms with E-state index in [2.05, 4.69) is 10.6 Å². The summed E-state index contributed by atoms with van der Waals surface area (Å²) in [5.74, 6) is 0.0115. The molecule has 0 aliphatic carbocycles. The molecule has 0 atom stereocenters. The topological polar surface area (TPSA) is 114 Å². The van der Waals surface area contributed by atoms with Crippen LogP contribution in [0.1, 0.15) is 19.3 Å². The molecule has 0 fully saturated rings. The predicted octanol–water partition coefficient (Wildman–Crippen LogP) is 1.50. The molecule has 1 heterocycles. The van der Waals surface area contributed by atoms with Gasteiger partial charge < -0.3 is 20.5 Å². The first kappa shape index (κ1) is 15.0. The molecule has 1 aromatic rings. The van der Waals surface area contributed by atoms with Crippen LogP contribution in [0.25, 0.3) is 0 Å². The van der Waals surface area contributed by atoms with E-state index in [1.165, 1.54) is 12.1 Å². The fourth-order valence-electron chi connectivity index (χ4n) is 2.05. The van der Waals surface area contributed by atoms with E-state index in [1.54, 1.807) is 0 Å². The molecule has 0 spiro atoms. The number of nitro benzene ring substituents is 1. The normalized spacial score (nSPS) is 13.1. The Labute approximate surface area is 121 Å². The number of ether oxygens (including phenoxy) is 1. The number of aliphatic hydroxyl groups is 1. The van der Waals surface area contributed by atoms with Crippen LogP contribution in [-0.4, -0.2) is 35.7 Å². The van der Waals surface area contributed by atoms with Crippen molar-refractivity contribution in [3.63, 3.8) is 0 Å². The molecule has 1 aliphatic rings. The van der Waals surface area contributed by atoms with Gasteiger partial charge in [-0.15, -0.1) is 0 Å². The van der Waals surface area contributed by atoms with Crippen molar-refractivity contribution >= 4 is 23.0 Å². The van der Waals surface area contributed by atoms with Crippen LogP contribution < -0.4 is 15.4 Å². The number of nitrogens with zero attached hydrogens (tertiary/aromatic N) is 1. The molecule has 0 radical (unpaired) electrons. The van der Waals surface area contributed by atoms with Gasteiger partial charge in [-0.1, -0.05) is 0 Å². The minimum Gasteiger partial charge on any atom is -0.481 e. The maximum Gasteiger partial charge on any atom is 0.296 e. The number of hydrogen-bond acceptors (Lipinski definition) is 6. The highest BCUT2D eigenvalue weighted by molar-refractivity contribution is 5.96. The van der Waals surface area contributed by atoms with Crippen LogP contribution in [0, 0.1) is 10.1 Å². The first-order valence-corrected chi connectivity index (χ1v) is 6.71. The Balaban J connectivity index is 2.12. The molecule has 0 bridgehead atoms. The van der Waals surface area contributed by atoms with Crippen molar-refractivity contribution in [3.05, 3.63) is 22.2 Å². The van der Waals surface area contributed by atoms with Gasteiger partial charge in [-0.2, -0.15) is 0 Å². The number of benzene rings is 1. The van der Waals surface area contributed by atoms with Crippen LogP contribution in [0.5, 0.6) is 5.75 Å². The Morgan fingerprint density at radius 3 is 2.90 bits per heavy atom. The molecule has 21 heavy (non-hydrogen) atoms. The van der Waals surface area contributed by atoms with Crippen molar-refractivity contribution in [2.45, 2.75) is 19.3 Å². The fraction of sp³-hybridized carbons (Fsp3) is 0.462. The van der Waals surface area contributed by atoms with Crippen LogP contribution in [0.4, 0.5) is 17.1 Å². The van der Waals surface area contributed by atoms with Crippen LogP contribution in [-0.2, 0) is 4.79 Å². The standard InChI is InChI=1S/C13H17N3O5/c17-5-3-1-2-4-14-9-6-10-12(7-11(9)16(19)20)21-8-13(18)15-10/h6-7,14,17H,1-5,8H2,(H,15,18). The Morgan fingerprint density at radius 1 is 1.38 bits per heavy atom. The number of anilines is 2. The van der Waals surface area contributed by atoms with Crippen molar-refractivity contribution in [2.75, 3.05) is 30.4 Å². The van der Waals surface area contributed by atoms with E-state index in [9.17, 15) is 14.9 Å². The molecule has 1 aromatic carbocycles. The summed E-state index contributed by atoms with van der Waals surface area (Å²) in [5, 5.41) is 25.4. The van der Waals surface area contributed by atoms with E-state index in [4.69, 9.17) is 9.84 Å². The van der Waals surface area contributed by atoms with Gasteiger partial charge in [0.05, 0.1) is 16.7 Å².